The number of thiophene rings is 1. The number of nitrogens with zero attached hydrogens (tertiary/aromatic N) is 3. The van der Waals surface area contributed by atoms with Crippen molar-refractivity contribution in [3.05, 3.63) is 52.0 Å². The second-order valence-electron chi connectivity index (χ2n) is 6.18. The molecule has 1 aliphatic rings. The lowest BCUT2D eigenvalue weighted by Gasteiger charge is -2.37. The van der Waals surface area contributed by atoms with Gasteiger partial charge in [0.25, 0.3) is 0 Å². The fourth-order valence-electron chi connectivity index (χ4n) is 3.01. The Labute approximate surface area is 147 Å². The van der Waals surface area contributed by atoms with Crippen LogP contribution in [-0.4, -0.2) is 47.0 Å². The number of hydrogen-bond donors (Lipinski definition) is 1. The van der Waals surface area contributed by atoms with Crippen LogP contribution in [0, 0.1) is 6.92 Å². The third kappa shape index (κ3) is 4.13. The zero-order valence-electron chi connectivity index (χ0n) is 14.2. The summed E-state index contributed by atoms with van der Waals surface area (Å²) in [5, 5.41) is 7.30. The van der Waals surface area contributed by atoms with Gasteiger partial charge in [-0.25, -0.2) is 4.79 Å². The number of nitrogens with one attached hydrogen (secondary N) is 1. The standard InChI is InChI=1S/C18H24N4OS/c1-14-4-3-5-17(20-14)12-19-18(23)22-9-7-21(8-10-22)15(2)16-6-11-24-13-16/h3-6,11,13,15H,7-10,12H2,1-2H3,(H,19,23). The fraction of sp³-hybridized carbons (Fsp3) is 0.444. The predicted molar refractivity (Wildman–Crippen MR) is 97.1 cm³/mol. The van der Waals surface area contributed by atoms with Crippen LogP contribution in [0.1, 0.15) is 29.9 Å². The van der Waals surface area contributed by atoms with Crippen LogP contribution in [0.3, 0.4) is 0 Å². The zero-order chi connectivity index (χ0) is 16.9. The Morgan fingerprint density at radius 2 is 2.08 bits per heavy atom. The lowest BCUT2D eigenvalue weighted by Crippen LogP contribution is -2.52. The van der Waals surface area contributed by atoms with Crippen LogP contribution in [0.2, 0.25) is 0 Å². The van der Waals surface area contributed by atoms with Crippen molar-refractivity contribution in [2.75, 3.05) is 26.2 Å². The SMILES string of the molecule is Cc1cccc(CNC(=O)N2CCN(C(C)c3ccsc3)CC2)n1. The molecule has 0 spiro atoms. The number of hydrogen-bond acceptors (Lipinski definition) is 4. The molecule has 128 valence electrons. The number of pyridine rings is 1. The second-order valence-corrected chi connectivity index (χ2v) is 6.96. The van der Waals surface area contributed by atoms with E-state index in [0.29, 0.717) is 12.6 Å². The van der Waals surface area contributed by atoms with Crippen molar-refractivity contribution in [2.24, 2.45) is 0 Å². The highest BCUT2D eigenvalue weighted by Crippen LogP contribution is 2.23. The summed E-state index contributed by atoms with van der Waals surface area (Å²) in [5.74, 6) is 0. The molecule has 1 atom stereocenters. The zero-order valence-corrected chi connectivity index (χ0v) is 15.1. The van der Waals surface area contributed by atoms with Gasteiger partial charge in [0.05, 0.1) is 12.2 Å². The van der Waals surface area contributed by atoms with Crippen LogP contribution in [0.4, 0.5) is 4.79 Å². The minimum atomic E-state index is 0.00106. The summed E-state index contributed by atoms with van der Waals surface area (Å²) >= 11 is 1.74. The van der Waals surface area contributed by atoms with Crippen molar-refractivity contribution in [2.45, 2.75) is 26.4 Å². The first-order valence-corrected chi connectivity index (χ1v) is 9.29. The Hall–Kier alpha value is -1.92. The van der Waals surface area contributed by atoms with Gasteiger partial charge < -0.3 is 10.2 Å². The quantitative estimate of drug-likeness (QED) is 0.927. The van der Waals surface area contributed by atoms with Crippen molar-refractivity contribution >= 4 is 17.4 Å². The van der Waals surface area contributed by atoms with Gasteiger partial charge in [-0.1, -0.05) is 6.07 Å². The van der Waals surface area contributed by atoms with E-state index in [4.69, 9.17) is 0 Å². The maximum atomic E-state index is 12.3. The molecule has 0 radical (unpaired) electrons. The number of aromatic nitrogens is 1. The van der Waals surface area contributed by atoms with Gasteiger partial charge >= 0.3 is 6.03 Å². The smallest absolute Gasteiger partial charge is 0.317 e. The van der Waals surface area contributed by atoms with Crippen molar-refractivity contribution in [1.29, 1.82) is 0 Å². The largest absolute Gasteiger partial charge is 0.332 e. The van der Waals surface area contributed by atoms with Crippen molar-refractivity contribution in [3.8, 4) is 0 Å². The number of piperazine rings is 1. The van der Waals surface area contributed by atoms with Gasteiger partial charge in [-0.05, 0) is 48.4 Å². The lowest BCUT2D eigenvalue weighted by molar-refractivity contribution is 0.114. The average molecular weight is 344 g/mol. The molecule has 6 heteroatoms. The molecule has 1 fully saturated rings. The third-order valence-electron chi connectivity index (χ3n) is 4.54. The maximum Gasteiger partial charge on any atom is 0.317 e. The van der Waals surface area contributed by atoms with Crippen molar-refractivity contribution < 1.29 is 4.79 Å². The van der Waals surface area contributed by atoms with Gasteiger partial charge in [-0.15, -0.1) is 0 Å². The van der Waals surface area contributed by atoms with Gasteiger partial charge in [0, 0.05) is 37.9 Å². The van der Waals surface area contributed by atoms with E-state index in [2.05, 4.69) is 39.0 Å². The number of carbonyl (C=O) groups is 1. The summed E-state index contributed by atoms with van der Waals surface area (Å²) in [6.07, 6.45) is 0. The Balaban J connectivity index is 1.46. The molecule has 1 aliphatic heterocycles. The monoisotopic (exact) mass is 344 g/mol. The molecule has 0 bridgehead atoms. The van der Waals surface area contributed by atoms with E-state index in [9.17, 15) is 4.79 Å². The topological polar surface area (TPSA) is 48.5 Å². The van der Waals surface area contributed by atoms with Crippen LogP contribution in [0.15, 0.2) is 35.0 Å². The Bertz CT molecular complexity index is 665. The van der Waals surface area contributed by atoms with E-state index in [0.717, 1.165) is 37.6 Å². The summed E-state index contributed by atoms with van der Waals surface area (Å²) in [5.41, 5.74) is 3.23. The van der Waals surface area contributed by atoms with Crippen molar-refractivity contribution in [1.82, 2.24) is 20.1 Å². The number of carbonyl (C=O) groups excluding carboxylic acids is 1. The molecule has 3 rings (SSSR count). The van der Waals surface area contributed by atoms with Gasteiger partial charge in [-0.3, -0.25) is 9.88 Å². The molecule has 3 heterocycles. The molecule has 1 N–H and O–H groups in total. The first-order valence-electron chi connectivity index (χ1n) is 8.35. The molecule has 0 aromatic carbocycles. The lowest BCUT2D eigenvalue weighted by atomic mass is 10.1. The van der Waals surface area contributed by atoms with Crippen LogP contribution in [-0.2, 0) is 6.54 Å². The van der Waals surface area contributed by atoms with Crippen LogP contribution in [0.25, 0.3) is 0 Å². The predicted octanol–water partition coefficient (Wildman–Crippen LogP) is 3.04. The maximum absolute atomic E-state index is 12.3. The summed E-state index contributed by atoms with van der Waals surface area (Å²) < 4.78 is 0. The molecule has 2 amide bonds. The average Bonchev–Trinajstić information content (AvgIpc) is 3.14. The molecule has 5 nitrogen and oxygen atoms in total. The van der Waals surface area contributed by atoms with Gasteiger partial charge in [0.15, 0.2) is 0 Å². The summed E-state index contributed by atoms with van der Waals surface area (Å²) in [4.78, 5) is 21.1. The first kappa shape index (κ1) is 16.9. The fourth-order valence-corrected chi connectivity index (χ4v) is 3.76. The molecule has 1 saturated heterocycles. The normalized spacial score (nSPS) is 16.8. The van der Waals surface area contributed by atoms with E-state index < -0.39 is 0 Å². The molecular formula is C18H24N4OS. The minimum Gasteiger partial charge on any atom is -0.332 e. The number of rotatable bonds is 4. The van der Waals surface area contributed by atoms with E-state index in [-0.39, 0.29) is 6.03 Å². The first-order chi connectivity index (χ1) is 11.6. The number of aryl methyl sites for hydroxylation is 1. The van der Waals surface area contributed by atoms with Gasteiger partial charge in [-0.2, -0.15) is 11.3 Å². The van der Waals surface area contributed by atoms with E-state index in [1.807, 2.05) is 30.0 Å². The second kappa shape index (κ2) is 7.77. The Morgan fingerprint density at radius 1 is 1.29 bits per heavy atom. The molecule has 2 aromatic rings. The van der Waals surface area contributed by atoms with Gasteiger partial charge in [0.1, 0.15) is 0 Å². The molecule has 2 aromatic heterocycles. The van der Waals surface area contributed by atoms with Crippen LogP contribution >= 0.6 is 11.3 Å². The number of amides is 2. The molecule has 0 saturated carbocycles. The highest BCUT2D eigenvalue weighted by atomic mass is 32.1. The molecule has 24 heavy (non-hydrogen) atoms. The van der Waals surface area contributed by atoms with Crippen molar-refractivity contribution in [3.63, 3.8) is 0 Å². The van der Waals surface area contributed by atoms with E-state index in [1.165, 1.54) is 5.56 Å². The van der Waals surface area contributed by atoms with Crippen LogP contribution in [0.5, 0.6) is 0 Å². The Morgan fingerprint density at radius 3 is 2.75 bits per heavy atom. The van der Waals surface area contributed by atoms with E-state index >= 15 is 0 Å². The van der Waals surface area contributed by atoms with E-state index in [1.54, 1.807) is 11.3 Å². The highest BCUT2D eigenvalue weighted by Gasteiger charge is 2.24. The summed E-state index contributed by atoms with van der Waals surface area (Å²) in [6, 6.07) is 8.46. The summed E-state index contributed by atoms with van der Waals surface area (Å²) in [6.45, 7) is 8.02. The third-order valence-corrected chi connectivity index (χ3v) is 5.24. The molecule has 1 unspecified atom stereocenters. The van der Waals surface area contributed by atoms with Gasteiger partial charge in [0.2, 0.25) is 0 Å². The minimum absolute atomic E-state index is 0.00106. The summed E-state index contributed by atoms with van der Waals surface area (Å²) in [7, 11) is 0. The highest BCUT2D eigenvalue weighted by molar-refractivity contribution is 7.07. The number of urea groups is 1. The molecular weight excluding hydrogens is 320 g/mol. The Kier molecular flexibility index (Phi) is 5.48. The molecule has 0 aliphatic carbocycles. The van der Waals surface area contributed by atoms with Crippen LogP contribution < -0.4 is 5.32 Å².